The first-order valence-electron chi connectivity index (χ1n) is 18.9. The molecule has 0 fully saturated rings. The van der Waals surface area contributed by atoms with Crippen LogP contribution in [0.15, 0.2) is 200 Å². The van der Waals surface area contributed by atoms with Crippen molar-refractivity contribution < 1.29 is 0 Å². The molecule has 0 atom stereocenters. The average molecular weight is 716 g/mol. The van der Waals surface area contributed by atoms with Gasteiger partial charge in [0.15, 0.2) is 11.6 Å². The molecule has 0 aliphatic carbocycles. The van der Waals surface area contributed by atoms with Crippen LogP contribution in [0.4, 0.5) is 0 Å². The summed E-state index contributed by atoms with van der Waals surface area (Å²) in [6.07, 6.45) is 0. The van der Waals surface area contributed by atoms with Crippen LogP contribution in [0.5, 0.6) is 0 Å². The maximum Gasteiger partial charge on any atom is 0.238 e. The lowest BCUT2D eigenvalue weighted by atomic mass is 9.99. The second kappa shape index (κ2) is 13.0. The summed E-state index contributed by atoms with van der Waals surface area (Å²) >= 11 is 0. The molecule has 0 spiro atoms. The van der Waals surface area contributed by atoms with Gasteiger partial charge in [0.2, 0.25) is 5.95 Å². The average Bonchev–Trinajstić information content (AvgIpc) is 3.80. The van der Waals surface area contributed by atoms with E-state index in [1.807, 2.05) is 24.3 Å². The van der Waals surface area contributed by atoms with Gasteiger partial charge in [0.1, 0.15) is 0 Å². The Morgan fingerprint density at radius 2 is 0.821 bits per heavy atom. The Kier molecular flexibility index (Phi) is 7.42. The zero-order valence-electron chi connectivity index (χ0n) is 30.3. The summed E-state index contributed by atoms with van der Waals surface area (Å²) in [5.74, 6) is 1.80. The molecule has 0 amide bonds. The van der Waals surface area contributed by atoms with Gasteiger partial charge in [-0.15, -0.1) is 0 Å². The Balaban J connectivity index is 1.26. The van der Waals surface area contributed by atoms with E-state index in [0.717, 1.165) is 71.6 Å². The van der Waals surface area contributed by atoms with Crippen molar-refractivity contribution in [3.8, 4) is 56.7 Å². The van der Waals surface area contributed by atoms with Crippen LogP contribution in [0.2, 0.25) is 0 Å². The lowest BCUT2D eigenvalue weighted by Gasteiger charge is -2.14. The van der Waals surface area contributed by atoms with E-state index in [1.165, 1.54) is 11.1 Å². The van der Waals surface area contributed by atoms with Gasteiger partial charge < -0.3 is 4.57 Å². The molecule has 0 saturated heterocycles. The molecule has 262 valence electrons. The molecule has 5 heteroatoms. The van der Waals surface area contributed by atoms with E-state index in [-0.39, 0.29) is 0 Å². The molecule has 0 N–H and O–H groups in total. The van der Waals surface area contributed by atoms with E-state index in [4.69, 9.17) is 15.0 Å². The monoisotopic (exact) mass is 715 g/mol. The summed E-state index contributed by atoms with van der Waals surface area (Å²) in [5.41, 5.74) is 11.8. The van der Waals surface area contributed by atoms with Gasteiger partial charge in [-0.1, -0.05) is 176 Å². The van der Waals surface area contributed by atoms with Crippen LogP contribution in [-0.2, 0) is 0 Å². The number of nitrogens with zero attached hydrogens (tertiary/aromatic N) is 5. The molecule has 0 aliphatic heterocycles. The van der Waals surface area contributed by atoms with Gasteiger partial charge >= 0.3 is 0 Å². The third kappa shape index (κ3) is 5.06. The van der Waals surface area contributed by atoms with Crippen LogP contribution in [0, 0.1) is 0 Å². The first-order chi connectivity index (χ1) is 27.8. The fraction of sp³-hybridized carbons (Fsp3) is 0. The molecular formula is C51H33N5. The normalized spacial score (nSPS) is 11.6. The van der Waals surface area contributed by atoms with E-state index in [2.05, 4.69) is 185 Å². The third-order valence-electron chi connectivity index (χ3n) is 10.8. The van der Waals surface area contributed by atoms with Crippen LogP contribution in [0.1, 0.15) is 0 Å². The molecule has 0 aliphatic rings. The Morgan fingerprint density at radius 3 is 1.54 bits per heavy atom. The highest BCUT2D eigenvalue weighted by molar-refractivity contribution is 6.26. The molecule has 5 nitrogen and oxygen atoms in total. The van der Waals surface area contributed by atoms with Crippen LogP contribution < -0.4 is 0 Å². The first kappa shape index (κ1) is 31.9. The SMILES string of the molecule is c1ccc(-c2nc(-c3ccccc3-c3ccccc3)nc(-n3c4ccccc4c4ccc5c(c6ccccc6n5-c5ccccc5-c5ccccc5)c43)n2)cc1. The fourth-order valence-corrected chi connectivity index (χ4v) is 8.36. The highest BCUT2D eigenvalue weighted by Gasteiger charge is 2.24. The Labute approximate surface area is 323 Å². The minimum absolute atomic E-state index is 0.567. The molecule has 11 aromatic rings. The highest BCUT2D eigenvalue weighted by Crippen LogP contribution is 2.43. The lowest BCUT2D eigenvalue weighted by Crippen LogP contribution is -2.07. The van der Waals surface area contributed by atoms with Gasteiger partial charge in [-0.05, 0) is 41.0 Å². The van der Waals surface area contributed by atoms with Gasteiger partial charge in [0, 0.05) is 38.2 Å². The van der Waals surface area contributed by atoms with Crippen LogP contribution in [0.25, 0.3) is 100 Å². The minimum Gasteiger partial charge on any atom is -0.309 e. The Bertz CT molecular complexity index is 3240. The standard InChI is InChI=1S/C51H33N5/c1-4-18-34(19-5-1)37-24-10-11-27-41(37)50-52-49(36-22-8-3-9-23-36)53-51(54-50)56-44-30-16-13-26-39(44)40-32-33-46-47(48(40)56)42-28-14-17-31-45(42)55(46)43-29-15-12-25-38(43)35-20-6-2-7-21-35/h1-33H. The quantitative estimate of drug-likeness (QED) is 0.172. The zero-order valence-corrected chi connectivity index (χ0v) is 30.3. The Morgan fingerprint density at radius 1 is 0.304 bits per heavy atom. The molecule has 0 saturated carbocycles. The van der Waals surface area contributed by atoms with E-state index in [9.17, 15) is 0 Å². The van der Waals surface area contributed by atoms with Crippen molar-refractivity contribution in [1.82, 2.24) is 24.1 Å². The van der Waals surface area contributed by atoms with Crippen LogP contribution in [0.3, 0.4) is 0 Å². The maximum atomic E-state index is 5.40. The Hall–Kier alpha value is -7.63. The van der Waals surface area contributed by atoms with Crippen LogP contribution in [-0.4, -0.2) is 24.1 Å². The predicted octanol–water partition coefficient (Wildman–Crippen LogP) is 12.7. The molecule has 3 aromatic heterocycles. The summed E-state index contributed by atoms with van der Waals surface area (Å²) in [5, 5.41) is 4.58. The molecule has 11 rings (SSSR count). The smallest absolute Gasteiger partial charge is 0.238 e. The molecule has 0 radical (unpaired) electrons. The fourth-order valence-electron chi connectivity index (χ4n) is 8.36. The van der Waals surface area contributed by atoms with Gasteiger partial charge in [-0.3, -0.25) is 4.57 Å². The maximum absolute atomic E-state index is 5.40. The number of aromatic nitrogens is 5. The van der Waals surface area contributed by atoms with Crippen molar-refractivity contribution in [3.63, 3.8) is 0 Å². The zero-order chi connectivity index (χ0) is 37.0. The lowest BCUT2D eigenvalue weighted by molar-refractivity contribution is 0.955. The third-order valence-corrected chi connectivity index (χ3v) is 10.8. The van der Waals surface area contributed by atoms with E-state index in [0.29, 0.717) is 17.6 Å². The van der Waals surface area contributed by atoms with Gasteiger partial charge in [0.05, 0.1) is 27.8 Å². The van der Waals surface area contributed by atoms with Crippen molar-refractivity contribution in [2.24, 2.45) is 0 Å². The number of hydrogen-bond donors (Lipinski definition) is 0. The summed E-state index contributed by atoms with van der Waals surface area (Å²) in [7, 11) is 0. The topological polar surface area (TPSA) is 48.5 Å². The molecule has 8 aromatic carbocycles. The molecule has 0 unspecified atom stereocenters. The number of hydrogen-bond acceptors (Lipinski definition) is 3. The van der Waals surface area contributed by atoms with Crippen molar-refractivity contribution in [2.75, 3.05) is 0 Å². The first-order valence-corrected chi connectivity index (χ1v) is 18.9. The molecule has 3 heterocycles. The number of rotatable bonds is 6. The van der Waals surface area contributed by atoms with Crippen molar-refractivity contribution in [2.45, 2.75) is 0 Å². The highest BCUT2D eigenvalue weighted by atomic mass is 15.2. The second-order valence-electron chi connectivity index (χ2n) is 14.0. The van der Waals surface area contributed by atoms with E-state index in [1.54, 1.807) is 0 Å². The molecular weight excluding hydrogens is 683 g/mol. The van der Waals surface area contributed by atoms with Crippen molar-refractivity contribution in [1.29, 1.82) is 0 Å². The minimum atomic E-state index is 0.567. The predicted molar refractivity (Wildman–Crippen MR) is 230 cm³/mol. The van der Waals surface area contributed by atoms with Crippen molar-refractivity contribution in [3.05, 3.63) is 200 Å². The number of benzene rings is 8. The summed E-state index contributed by atoms with van der Waals surface area (Å²) < 4.78 is 4.68. The van der Waals surface area contributed by atoms with Gasteiger partial charge in [-0.2, -0.15) is 9.97 Å². The van der Waals surface area contributed by atoms with Crippen molar-refractivity contribution >= 4 is 43.6 Å². The number of fused-ring (bicyclic) bond motifs is 7. The van der Waals surface area contributed by atoms with Gasteiger partial charge in [-0.25, -0.2) is 4.98 Å². The summed E-state index contributed by atoms with van der Waals surface area (Å²) in [4.78, 5) is 15.9. The largest absolute Gasteiger partial charge is 0.309 e. The number of para-hydroxylation sites is 3. The summed E-state index contributed by atoms with van der Waals surface area (Å²) in [6, 6.07) is 70.2. The van der Waals surface area contributed by atoms with Crippen LogP contribution >= 0.6 is 0 Å². The molecule has 56 heavy (non-hydrogen) atoms. The van der Waals surface area contributed by atoms with Gasteiger partial charge in [0.25, 0.3) is 0 Å². The van der Waals surface area contributed by atoms with E-state index >= 15 is 0 Å². The summed E-state index contributed by atoms with van der Waals surface area (Å²) in [6.45, 7) is 0. The second-order valence-corrected chi connectivity index (χ2v) is 14.0. The molecule has 0 bridgehead atoms. The van der Waals surface area contributed by atoms with E-state index < -0.39 is 0 Å².